The molecule has 1 aromatic carbocycles. The van der Waals surface area contributed by atoms with Gasteiger partial charge in [0.05, 0.1) is 23.3 Å². The number of carbonyl (C=O) groups excluding carboxylic acids is 3. The maximum Gasteiger partial charge on any atom is 0.341 e. The molecule has 1 unspecified atom stereocenters. The topological polar surface area (TPSA) is 107 Å². The van der Waals surface area contributed by atoms with Gasteiger partial charge in [-0.05, 0) is 49.8 Å². The number of thiophene rings is 1. The zero-order valence-electron chi connectivity index (χ0n) is 17.8. The number of hydrogen-bond donors (Lipinski definition) is 1. The van der Waals surface area contributed by atoms with E-state index in [0.717, 1.165) is 29.7 Å². The highest BCUT2D eigenvalue weighted by molar-refractivity contribution is 7.17. The summed E-state index contributed by atoms with van der Waals surface area (Å²) in [5.41, 5.74) is 2.57. The van der Waals surface area contributed by atoms with Crippen molar-refractivity contribution >= 4 is 45.2 Å². The van der Waals surface area contributed by atoms with Crippen molar-refractivity contribution in [3.8, 4) is 0 Å². The SMILES string of the molecule is CCOC(=O)c1c(NC(=O)COC(=O)c2cccc3nccnc23)sc2c1CCC(C)C2. The highest BCUT2D eigenvalue weighted by Crippen LogP contribution is 2.40. The molecule has 1 amide bonds. The molecule has 2 heterocycles. The molecule has 9 heteroatoms. The molecule has 3 aromatic rings. The van der Waals surface area contributed by atoms with Crippen LogP contribution in [0.1, 0.15) is 51.4 Å². The molecule has 0 bridgehead atoms. The summed E-state index contributed by atoms with van der Waals surface area (Å²) < 4.78 is 10.4. The molecule has 0 fully saturated rings. The van der Waals surface area contributed by atoms with Gasteiger partial charge in [-0.15, -0.1) is 11.3 Å². The lowest BCUT2D eigenvalue weighted by Gasteiger charge is -2.18. The number of anilines is 1. The van der Waals surface area contributed by atoms with Gasteiger partial charge in [-0.3, -0.25) is 14.8 Å². The van der Waals surface area contributed by atoms with Crippen molar-refractivity contribution in [1.29, 1.82) is 0 Å². The molecule has 0 saturated heterocycles. The third-order valence-corrected chi connectivity index (χ3v) is 6.47. The Labute approximate surface area is 189 Å². The van der Waals surface area contributed by atoms with Gasteiger partial charge in [0.25, 0.3) is 5.91 Å². The Morgan fingerprint density at radius 1 is 1.16 bits per heavy atom. The molecular formula is C23H23N3O5S. The zero-order chi connectivity index (χ0) is 22.7. The molecule has 0 spiro atoms. The van der Waals surface area contributed by atoms with Crippen LogP contribution in [0.5, 0.6) is 0 Å². The number of amides is 1. The largest absolute Gasteiger partial charge is 0.462 e. The van der Waals surface area contributed by atoms with Crippen LogP contribution < -0.4 is 5.32 Å². The number of carbonyl (C=O) groups is 3. The van der Waals surface area contributed by atoms with E-state index in [-0.39, 0.29) is 12.2 Å². The summed E-state index contributed by atoms with van der Waals surface area (Å²) >= 11 is 1.39. The molecule has 1 aliphatic carbocycles. The number of esters is 2. The molecule has 0 saturated carbocycles. The first-order valence-electron chi connectivity index (χ1n) is 10.5. The number of aromatic nitrogens is 2. The third-order valence-electron chi connectivity index (χ3n) is 5.30. The maximum absolute atomic E-state index is 12.6. The summed E-state index contributed by atoms with van der Waals surface area (Å²) in [5.74, 6) is -1.12. The van der Waals surface area contributed by atoms with Gasteiger partial charge in [-0.1, -0.05) is 13.0 Å². The van der Waals surface area contributed by atoms with Crippen LogP contribution in [-0.4, -0.2) is 41.0 Å². The third kappa shape index (κ3) is 4.47. The van der Waals surface area contributed by atoms with Crippen LogP contribution in [-0.2, 0) is 27.1 Å². The Hall–Kier alpha value is -3.33. The second-order valence-corrected chi connectivity index (χ2v) is 8.74. The Morgan fingerprint density at radius 3 is 2.78 bits per heavy atom. The van der Waals surface area contributed by atoms with E-state index < -0.39 is 24.5 Å². The van der Waals surface area contributed by atoms with Crippen LogP contribution in [0.15, 0.2) is 30.6 Å². The van der Waals surface area contributed by atoms with Crippen molar-refractivity contribution in [3.05, 3.63) is 52.2 Å². The first-order valence-corrected chi connectivity index (χ1v) is 11.3. The highest BCUT2D eigenvalue weighted by Gasteiger charge is 2.29. The number of rotatable bonds is 6. The number of fused-ring (bicyclic) bond motifs is 2. The molecule has 166 valence electrons. The van der Waals surface area contributed by atoms with E-state index in [9.17, 15) is 14.4 Å². The van der Waals surface area contributed by atoms with Gasteiger partial charge in [0.2, 0.25) is 0 Å². The molecule has 1 N–H and O–H groups in total. The number of para-hydroxylation sites is 1. The van der Waals surface area contributed by atoms with Crippen molar-refractivity contribution in [2.45, 2.75) is 33.1 Å². The van der Waals surface area contributed by atoms with E-state index in [1.165, 1.54) is 23.7 Å². The quantitative estimate of drug-likeness (QED) is 0.566. The molecule has 0 aliphatic heterocycles. The van der Waals surface area contributed by atoms with Gasteiger partial charge in [0.15, 0.2) is 6.61 Å². The summed E-state index contributed by atoms with van der Waals surface area (Å²) in [5, 5.41) is 3.18. The standard InChI is InChI=1S/C23H23N3O5S/c1-3-30-23(29)19-14-8-7-13(2)11-17(14)32-21(19)26-18(27)12-31-22(28)15-5-4-6-16-20(15)25-10-9-24-16/h4-6,9-10,13H,3,7-8,11-12H2,1-2H3,(H,26,27). The van der Waals surface area contributed by atoms with Crippen molar-refractivity contribution in [1.82, 2.24) is 9.97 Å². The number of hydrogen-bond acceptors (Lipinski definition) is 8. The van der Waals surface area contributed by atoms with Crippen molar-refractivity contribution in [3.63, 3.8) is 0 Å². The molecule has 0 radical (unpaired) electrons. The predicted molar refractivity (Wildman–Crippen MR) is 120 cm³/mol. The van der Waals surface area contributed by atoms with Gasteiger partial charge in [0, 0.05) is 17.3 Å². The van der Waals surface area contributed by atoms with E-state index in [0.29, 0.717) is 27.5 Å². The van der Waals surface area contributed by atoms with Crippen molar-refractivity contribution < 1.29 is 23.9 Å². The summed E-state index contributed by atoms with van der Waals surface area (Å²) in [6.07, 6.45) is 5.64. The van der Waals surface area contributed by atoms with Crippen LogP contribution in [0, 0.1) is 5.92 Å². The zero-order valence-corrected chi connectivity index (χ0v) is 18.7. The van der Waals surface area contributed by atoms with Crippen LogP contribution in [0.2, 0.25) is 0 Å². The summed E-state index contributed by atoms with van der Waals surface area (Å²) in [4.78, 5) is 47.1. The lowest BCUT2D eigenvalue weighted by Crippen LogP contribution is -2.22. The summed E-state index contributed by atoms with van der Waals surface area (Å²) in [6, 6.07) is 4.99. The normalized spacial score (nSPS) is 15.1. The van der Waals surface area contributed by atoms with Crippen LogP contribution in [0.4, 0.5) is 5.00 Å². The second-order valence-electron chi connectivity index (χ2n) is 7.63. The number of ether oxygens (including phenoxy) is 2. The summed E-state index contributed by atoms with van der Waals surface area (Å²) in [6.45, 7) is 3.67. The fraction of sp³-hybridized carbons (Fsp3) is 0.348. The Bertz CT molecular complexity index is 1180. The molecular weight excluding hydrogens is 430 g/mol. The molecule has 2 aromatic heterocycles. The van der Waals surface area contributed by atoms with Gasteiger partial charge in [-0.25, -0.2) is 9.59 Å². The summed E-state index contributed by atoms with van der Waals surface area (Å²) in [7, 11) is 0. The highest BCUT2D eigenvalue weighted by atomic mass is 32.1. The second kappa shape index (κ2) is 9.44. The minimum absolute atomic E-state index is 0.233. The van der Waals surface area contributed by atoms with E-state index >= 15 is 0 Å². The Balaban J connectivity index is 1.48. The monoisotopic (exact) mass is 453 g/mol. The van der Waals surface area contributed by atoms with E-state index in [1.54, 1.807) is 25.1 Å². The van der Waals surface area contributed by atoms with E-state index in [1.807, 2.05) is 0 Å². The van der Waals surface area contributed by atoms with Gasteiger partial charge >= 0.3 is 11.9 Å². The van der Waals surface area contributed by atoms with Crippen LogP contribution in [0.25, 0.3) is 11.0 Å². The molecule has 1 aliphatic rings. The average molecular weight is 454 g/mol. The Morgan fingerprint density at radius 2 is 1.97 bits per heavy atom. The molecule has 4 rings (SSSR count). The lowest BCUT2D eigenvalue weighted by atomic mass is 9.88. The smallest absolute Gasteiger partial charge is 0.341 e. The van der Waals surface area contributed by atoms with Crippen molar-refractivity contribution in [2.75, 3.05) is 18.5 Å². The van der Waals surface area contributed by atoms with Gasteiger partial charge in [-0.2, -0.15) is 0 Å². The average Bonchev–Trinajstić information content (AvgIpc) is 3.14. The number of benzene rings is 1. The predicted octanol–water partition coefficient (Wildman–Crippen LogP) is 3.79. The van der Waals surface area contributed by atoms with Crippen LogP contribution >= 0.6 is 11.3 Å². The maximum atomic E-state index is 12.6. The number of nitrogens with zero attached hydrogens (tertiary/aromatic N) is 2. The lowest BCUT2D eigenvalue weighted by molar-refractivity contribution is -0.119. The molecule has 8 nitrogen and oxygen atoms in total. The molecule has 1 atom stereocenters. The number of nitrogens with one attached hydrogen (secondary N) is 1. The Kier molecular flexibility index (Phi) is 6.45. The van der Waals surface area contributed by atoms with Crippen molar-refractivity contribution in [2.24, 2.45) is 5.92 Å². The fourth-order valence-corrected chi connectivity index (χ4v) is 5.20. The first-order chi connectivity index (χ1) is 15.5. The van der Waals surface area contributed by atoms with Gasteiger partial charge in [0.1, 0.15) is 10.5 Å². The minimum Gasteiger partial charge on any atom is -0.462 e. The van der Waals surface area contributed by atoms with E-state index in [2.05, 4.69) is 22.2 Å². The van der Waals surface area contributed by atoms with Gasteiger partial charge < -0.3 is 14.8 Å². The van der Waals surface area contributed by atoms with Crippen LogP contribution in [0.3, 0.4) is 0 Å². The molecule has 32 heavy (non-hydrogen) atoms. The fourth-order valence-electron chi connectivity index (χ4n) is 3.79. The minimum atomic E-state index is -0.670. The first kappa shape index (κ1) is 21.9. The van der Waals surface area contributed by atoms with E-state index in [4.69, 9.17) is 9.47 Å².